The van der Waals surface area contributed by atoms with E-state index in [9.17, 15) is 0 Å². The number of likely N-dealkylation sites (N-methyl/N-ethyl adjacent to an activating group) is 1. The Morgan fingerprint density at radius 2 is 1.65 bits per heavy atom. The second kappa shape index (κ2) is 3.98. The van der Waals surface area contributed by atoms with Crippen LogP contribution in [-0.4, -0.2) is 13.1 Å². The van der Waals surface area contributed by atoms with Crippen molar-refractivity contribution >= 4 is 0 Å². The zero-order chi connectivity index (χ0) is 12.0. The Bertz CT molecular complexity index is 306. The fourth-order valence-electron chi connectivity index (χ4n) is 5.53. The van der Waals surface area contributed by atoms with Gasteiger partial charge in [-0.15, -0.1) is 0 Å². The maximum Gasteiger partial charge on any atom is 0.0368 e. The van der Waals surface area contributed by atoms with E-state index >= 15 is 0 Å². The topological polar surface area (TPSA) is 12.0 Å². The molecule has 0 aromatic heterocycles. The third kappa shape index (κ3) is 1.71. The predicted molar refractivity (Wildman–Crippen MR) is 72.8 cm³/mol. The van der Waals surface area contributed by atoms with E-state index in [1.807, 2.05) is 6.08 Å². The van der Waals surface area contributed by atoms with E-state index in [0.717, 1.165) is 17.8 Å². The van der Waals surface area contributed by atoms with E-state index in [4.69, 9.17) is 0 Å². The van der Waals surface area contributed by atoms with Gasteiger partial charge in [-0.25, -0.2) is 0 Å². The van der Waals surface area contributed by atoms with Crippen molar-refractivity contribution in [3.8, 4) is 0 Å². The lowest BCUT2D eigenvalue weighted by molar-refractivity contribution is -0.0652. The predicted octanol–water partition coefficient (Wildman–Crippen LogP) is 3.53. The summed E-state index contributed by atoms with van der Waals surface area (Å²) >= 11 is 0. The zero-order valence-corrected chi connectivity index (χ0v) is 11.0. The molecule has 4 rings (SSSR count). The minimum Gasteiger partial charge on any atom is -0.313 e. The van der Waals surface area contributed by atoms with Crippen LogP contribution < -0.4 is 5.32 Å². The molecule has 0 spiro atoms. The Morgan fingerprint density at radius 1 is 1.18 bits per heavy atom. The fraction of sp³-hybridized carbons (Fsp3) is 0.750. The molecule has 0 aromatic rings. The lowest BCUT2D eigenvalue weighted by Gasteiger charge is -2.59. The van der Waals surface area contributed by atoms with Gasteiger partial charge < -0.3 is 5.32 Å². The summed E-state index contributed by atoms with van der Waals surface area (Å²) in [5.41, 5.74) is 1.71. The van der Waals surface area contributed by atoms with E-state index in [1.165, 1.54) is 44.1 Å². The number of hydrogen-bond donors (Lipinski definition) is 1. The first kappa shape index (κ1) is 11.5. The van der Waals surface area contributed by atoms with Crippen molar-refractivity contribution < 1.29 is 0 Å². The summed E-state index contributed by atoms with van der Waals surface area (Å²) < 4.78 is 0. The van der Waals surface area contributed by atoms with Crippen LogP contribution in [0.5, 0.6) is 0 Å². The number of nitrogens with one attached hydrogen (secondary N) is 1. The zero-order valence-electron chi connectivity index (χ0n) is 11.0. The number of hydrogen-bond acceptors (Lipinski definition) is 1. The molecule has 0 radical (unpaired) electrons. The molecule has 4 aliphatic rings. The van der Waals surface area contributed by atoms with Crippen molar-refractivity contribution in [2.75, 3.05) is 7.05 Å². The molecular formula is C16H25N. The van der Waals surface area contributed by atoms with Crippen LogP contribution >= 0.6 is 0 Å². The molecule has 4 aliphatic carbocycles. The average Bonchev–Trinajstić information content (AvgIpc) is 2.27. The van der Waals surface area contributed by atoms with Crippen molar-refractivity contribution in [2.45, 2.75) is 44.6 Å². The summed E-state index contributed by atoms with van der Waals surface area (Å²) in [4.78, 5) is 0. The van der Waals surface area contributed by atoms with Gasteiger partial charge in [0.15, 0.2) is 0 Å². The fourth-order valence-corrected chi connectivity index (χ4v) is 5.53. The third-order valence-electron chi connectivity index (χ3n) is 5.62. The highest BCUT2D eigenvalue weighted by atomic mass is 14.9. The van der Waals surface area contributed by atoms with Gasteiger partial charge in [0.05, 0.1) is 0 Å². The van der Waals surface area contributed by atoms with Gasteiger partial charge >= 0.3 is 0 Å². The van der Waals surface area contributed by atoms with Crippen molar-refractivity contribution in [2.24, 2.45) is 23.2 Å². The van der Waals surface area contributed by atoms with Crippen LogP contribution in [0.2, 0.25) is 0 Å². The smallest absolute Gasteiger partial charge is 0.0368 e. The molecule has 4 bridgehead atoms. The Balaban J connectivity index is 1.89. The molecule has 1 atom stereocenters. The Hall–Kier alpha value is -0.560. The highest BCUT2D eigenvalue weighted by Gasteiger charge is 2.54. The van der Waals surface area contributed by atoms with Crippen molar-refractivity contribution in [3.05, 3.63) is 24.8 Å². The second-order valence-electron chi connectivity index (χ2n) is 6.78. The Labute approximate surface area is 105 Å². The molecule has 4 saturated carbocycles. The van der Waals surface area contributed by atoms with Crippen molar-refractivity contribution in [1.82, 2.24) is 5.32 Å². The first-order valence-electron chi connectivity index (χ1n) is 7.15. The van der Waals surface area contributed by atoms with Gasteiger partial charge in [-0.05, 0) is 74.3 Å². The van der Waals surface area contributed by atoms with E-state index < -0.39 is 0 Å². The minimum atomic E-state index is 0.466. The van der Waals surface area contributed by atoms with E-state index in [2.05, 4.69) is 25.5 Å². The van der Waals surface area contributed by atoms with Crippen LogP contribution in [0.1, 0.15) is 38.5 Å². The van der Waals surface area contributed by atoms with Crippen molar-refractivity contribution in [1.29, 1.82) is 0 Å². The van der Waals surface area contributed by atoms with Gasteiger partial charge in [-0.2, -0.15) is 0 Å². The maximum atomic E-state index is 4.22. The second-order valence-corrected chi connectivity index (χ2v) is 6.78. The van der Waals surface area contributed by atoms with Crippen LogP contribution in [0.25, 0.3) is 0 Å². The molecule has 4 fully saturated rings. The summed E-state index contributed by atoms with van der Waals surface area (Å²) in [6.07, 6.45) is 10.8. The molecule has 17 heavy (non-hydrogen) atoms. The Morgan fingerprint density at radius 3 is 2.00 bits per heavy atom. The molecule has 94 valence electrons. The highest BCUT2D eigenvalue weighted by molar-refractivity contribution is 5.25. The van der Waals surface area contributed by atoms with E-state index in [-0.39, 0.29) is 0 Å². The van der Waals surface area contributed by atoms with Crippen LogP contribution in [0.4, 0.5) is 0 Å². The molecule has 0 heterocycles. The lowest BCUT2D eigenvalue weighted by Crippen LogP contribution is -2.55. The molecule has 0 aromatic carbocycles. The molecular weight excluding hydrogens is 206 g/mol. The quantitative estimate of drug-likeness (QED) is 0.730. The van der Waals surface area contributed by atoms with Crippen LogP contribution in [0.3, 0.4) is 0 Å². The van der Waals surface area contributed by atoms with E-state index in [0.29, 0.717) is 11.5 Å². The maximum absolute atomic E-state index is 4.22. The van der Waals surface area contributed by atoms with Gasteiger partial charge in [0, 0.05) is 6.04 Å². The highest BCUT2D eigenvalue weighted by Crippen LogP contribution is 2.61. The molecule has 1 N–H and O–H groups in total. The molecule has 1 heteroatoms. The Kier molecular flexibility index (Phi) is 2.70. The SMILES string of the molecule is C=CC(=C)C(NC)C12CC3CC(CC(C3)C1)C2. The molecule has 0 saturated heterocycles. The van der Waals surface area contributed by atoms with Crippen LogP contribution in [0.15, 0.2) is 24.8 Å². The lowest BCUT2D eigenvalue weighted by atomic mass is 9.47. The van der Waals surface area contributed by atoms with E-state index in [1.54, 1.807) is 0 Å². The van der Waals surface area contributed by atoms with Crippen molar-refractivity contribution in [3.63, 3.8) is 0 Å². The largest absolute Gasteiger partial charge is 0.313 e. The summed E-state index contributed by atoms with van der Waals surface area (Å²) in [5, 5.41) is 3.54. The molecule has 1 unspecified atom stereocenters. The summed E-state index contributed by atoms with van der Waals surface area (Å²) in [6.45, 7) is 8.14. The first-order valence-corrected chi connectivity index (χ1v) is 7.15. The van der Waals surface area contributed by atoms with Crippen LogP contribution in [0, 0.1) is 23.2 Å². The first-order chi connectivity index (χ1) is 8.16. The molecule has 0 aliphatic heterocycles. The summed E-state index contributed by atoms with van der Waals surface area (Å²) in [7, 11) is 2.10. The van der Waals surface area contributed by atoms with Gasteiger partial charge in [-0.1, -0.05) is 19.2 Å². The summed E-state index contributed by atoms with van der Waals surface area (Å²) in [6, 6.07) is 0.466. The molecule has 0 amide bonds. The van der Waals surface area contributed by atoms with Gasteiger partial charge in [-0.3, -0.25) is 0 Å². The number of rotatable bonds is 4. The summed E-state index contributed by atoms with van der Waals surface area (Å²) in [5.74, 6) is 3.03. The monoisotopic (exact) mass is 231 g/mol. The minimum absolute atomic E-state index is 0.466. The van der Waals surface area contributed by atoms with Gasteiger partial charge in [0.1, 0.15) is 0 Å². The van der Waals surface area contributed by atoms with Gasteiger partial charge in [0.25, 0.3) is 0 Å². The average molecular weight is 231 g/mol. The molecule has 1 nitrogen and oxygen atoms in total. The standard InChI is InChI=1S/C16H25N/c1-4-11(2)15(17-3)16-8-12-5-13(9-16)7-14(6-12)10-16/h4,12-15,17H,1-2,5-10H2,3H3. The normalized spacial score (nSPS) is 44.6. The third-order valence-corrected chi connectivity index (χ3v) is 5.62. The van der Waals surface area contributed by atoms with Crippen LogP contribution in [-0.2, 0) is 0 Å². The van der Waals surface area contributed by atoms with Gasteiger partial charge in [0.2, 0.25) is 0 Å².